The lowest BCUT2D eigenvalue weighted by molar-refractivity contribution is 0.443. The van der Waals surface area contributed by atoms with Gasteiger partial charge in [-0.05, 0) is 180 Å². The van der Waals surface area contributed by atoms with E-state index in [0.29, 0.717) is 52.1 Å². The highest BCUT2D eigenvalue weighted by Gasteiger charge is 2.12. The molecule has 0 saturated carbocycles. The average molecular weight is 1310 g/mol. The summed E-state index contributed by atoms with van der Waals surface area (Å²) in [4.78, 5) is 0. The fourth-order valence-corrected chi connectivity index (χ4v) is 6.15. The monoisotopic (exact) mass is 1310 g/mol. The lowest BCUT2D eigenvalue weighted by Gasteiger charge is -1.97. The molecule has 25 heteroatoms. The lowest BCUT2D eigenvalue weighted by Crippen LogP contribution is -1.92. The van der Waals surface area contributed by atoms with Crippen molar-refractivity contribution in [3.8, 4) is 12.1 Å². The van der Waals surface area contributed by atoms with Gasteiger partial charge in [0.05, 0.1) is 23.3 Å². The maximum absolute atomic E-state index is 12.6. The molecule has 0 aliphatic rings. The minimum atomic E-state index is -1.41. The van der Waals surface area contributed by atoms with E-state index in [1.54, 1.807) is 32.0 Å². The molecule has 9 aromatic rings. The first kappa shape index (κ1) is 78.7. The Morgan fingerprint density at radius 1 is 0.244 bits per heavy atom. The molecule has 0 bridgehead atoms. The molecule has 90 heavy (non-hydrogen) atoms. The maximum atomic E-state index is 12.6. The summed E-state index contributed by atoms with van der Waals surface area (Å²) in [5, 5.41) is 16.3. The second-order valence-electron chi connectivity index (χ2n) is 18.2. The zero-order valence-electron chi connectivity index (χ0n) is 48.1. The van der Waals surface area contributed by atoms with Crippen LogP contribution in [0.15, 0.2) is 121 Å². The Kier molecular flexibility index (Phi) is 32.8. The number of hydrogen-bond acceptors (Lipinski definition) is 2. The van der Waals surface area contributed by atoms with Crippen LogP contribution >= 0.6 is 11.6 Å². The highest BCUT2D eigenvalue weighted by Crippen LogP contribution is 2.22. The van der Waals surface area contributed by atoms with E-state index in [-0.39, 0.29) is 39.5 Å². The highest BCUT2D eigenvalue weighted by atomic mass is 35.5. The van der Waals surface area contributed by atoms with Gasteiger partial charge in [0, 0.05) is 35.4 Å². The van der Waals surface area contributed by atoms with Crippen LogP contribution in [0, 0.1) is 213 Å². The first-order valence-corrected chi connectivity index (χ1v) is 25.2. The van der Waals surface area contributed by atoms with E-state index in [1.807, 2.05) is 12.1 Å². The van der Waals surface area contributed by atoms with Gasteiger partial charge in [0.2, 0.25) is 0 Å². The fraction of sp³-hybridized carbons (Fsp3) is 0.138. The minimum absolute atomic E-state index is 0.0162. The minimum Gasteiger partial charge on any atom is -0.207 e. The molecule has 0 N–H and O–H groups in total. The third kappa shape index (κ3) is 26.2. The van der Waals surface area contributed by atoms with Crippen LogP contribution in [-0.2, 0) is 0 Å². The van der Waals surface area contributed by atoms with E-state index in [0.717, 1.165) is 54.1 Å². The van der Waals surface area contributed by atoms with Gasteiger partial charge in [0.15, 0.2) is 69.8 Å². The van der Waals surface area contributed by atoms with Crippen molar-refractivity contribution in [2.45, 2.75) is 62.3 Å². The van der Waals surface area contributed by atoms with Crippen LogP contribution in [-0.4, -0.2) is 0 Å². The van der Waals surface area contributed by atoms with Gasteiger partial charge in [-0.2, -0.15) is 10.5 Å². The highest BCUT2D eigenvalue weighted by molar-refractivity contribution is 6.30. The number of aryl methyl sites for hydroxylation is 7. The standard InChI is InChI=1S/2C8H6FN.C7H5ClF2.6C7H5F3/c1-6-2-7(5-10)4-8(9)3-6;1-6-2-3-7(5-10)4-8(6)9;1-4-2-3-5(9)6(8)7(4)10;1-4-6(9)2-5(8)3-7(4)10;1-4-2-6(9)7(10)3-5(4)8;1-4-2-5(8)3-6(9)7(4)10;1-4-2-5(8)7(10)6(9)3-4;1-4-5(8)2-3-6(9)7(4)10;1-4-2-3-5(8)7(10)6(4)9/h2*2-4H,1H3;7*2-3H,1H3. The topological polar surface area (TPSA) is 47.6 Å². The summed E-state index contributed by atoms with van der Waals surface area (Å²) in [5.74, 6) is -20.6. The molecule has 0 heterocycles. The summed E-state index contributed by atoms with van der Waals surface area (Å²) in [6, 6.07) is 24.6. The number of rotatable bonds is 0. The van der Waals surface area contributed by atoms with Gasteiger partial charge in [-0.3, -0.25) is 0 Å². The Morgan fingerprint density at radius 2 is 0.656 bits per heavy atom. The largest absolute Gasteiger partial charge is 0.207 e. The molecule has 0 aliphatic heterocycles. The predicted octanol–water partition coefficient (Wildman–Crippen LogP) is 21.4. The van der Waals surface area contributed by atoms with Crippen LogP contribution in [0.2, 0.25) is 5.02 Å². The third-order valence-electron chi connectivity index (χ3n) is 11.0. The Bertz CT molecular complexity index is 3510. The summed E-state index contributed by atoms with van der Waals surface area (Å²) in [6.07, 6.45) is 0. The van der Waals surface area contributed by atoms with Gasteiger partial charge in [0.1, 0.15) is 63.2 Å². The molecule has 2 nitrogen and oxygen atoms in total. The molecule has 0 aromatic heterocycles. The zero-order valence-corrected chi connectivity index (χ0v) is 48.9. The van der Waals surface area contributed by atoms with E-state index in [2.05, 4.69) is 0 Å². The quantitative estimate of drug-likeness (QED) is 0.0863. The van der Waals surface area contributed by atoms with Crippen LogP contribution < -0.4 is 0 Å². The maximum Gasteiger partial charge on any atom is 0.194 e. The van der Waals surface area contributed by atoms with Crippen molar-refractivity contribution in [2.24, 2.45) is 0 Å². The summed E-state index contributed by atoms with van der Waals surface area (Å²) >= 11 is 5.23. The smallest absolute Gasteiger partial charge is 0.194 e. The van der Waals surface area contributed by atoms with E-state index in [4.69, 9.17) is 22.1 Å². The van der Waals surface area contributed by atoms with Gasteiger partial charge in [-0.25, -0.2) is 96.6 Å². The van der Waals surface area contributed by atoms with Gasteiger partial charge in [0.25, 0.3) is 0 Å². The number of hydrogen-bond donors (Lipinski definition) is 0. The van der Waals surface area contributed by atoms with Crippen molar-refractivity contribution in [1.82, 2.24) is 0 Å². The molecule has 0 fully saturated rings. The van der Waals surface area contributed by atoms with Crippen LogP contribution in [0.3, 0.4) is 0 Å². The molecule has 0 aliphatic carbocycles. The Morgan fingerprint density at radius 3 is 1.12 bits per heavy atom. The molecule has 0 unspecified atom stereocenters. The van der Waals surface area contributed by atoms with Crippen molar-refractivity contribution < 1.29 is 96.6 Å². The van der Waals surface area contributed by atoms with E-state index in [1.165, 1.54) is 78.8 Å². The predicted molar refractivity (Wildman–Crippen MR) is 294 cm³/mol. The molecule has 0 radical (unpaired) electrons. The van der Waals surface area contributed by atoms with Crippen molar-refractivity contribution in [1.29, 1.82) is 10.5 Å². The zero-order chi connectivity index (χ0) is 69.2. The van der Waals surface area contributed by atoms with E-state index >= 15 is 0 Å². The summed E-state index contributed by atoms with van der Waals surface area (Å²) in [5.41, 5.74) is 2.58. The fourth-order valence-electron chi connectivity index (χ4n) is 5.94. The Labute approximate surface area is 507 Å². The molecule has 0 saturated heterocycles. The van der Waals surface area contributed by atoms with Crippen molar-refractivity contribution in [3.05, 3.63) is 316 Å². The van der Waals surface area contributed by atoms with Crippen molar-refractivity contribution in [2.75, 3.05) is 0 Å². The van der Waals surface area contributed by atoms with Crippen LogP contribution in [0.4, 0.5) is 96.6 Å². The number of benzene rings is 9. The van der Waals surface area contributed by atoms with Crippen LogP contribution in [0.1, 0.15) is 61.2 Å². The van der Waals surface area contributed by atoms with Gasteiger partial charge < -0.3 is 0 Å². The molecular weight excluding hydrogens is 1260 g/mol. The first-order chi connectivity index (χ1) is 41.8. The average Bonchev–Trinajstić information content (AvgIpc) is 3.29. The number of nitriles is 2. The molecule has 9 rings (SSSR count). The molecule has 0 spiro atoms. The summed E-state index contributed by atoms with van der Waals surface area (Å²) in [6.45, 7) is 12.9. The third-order valence-corrected chi connectivity index (χ3v) is 11.3. The molecule has 9 aromatic carbocycles. The normalized spacial score (nSPS) is 9.76. The molecule has 0 amide bonds. The molecule has 478 valence electrons. The Hall–Kier alpha value is -9.29. The van der Waals surface area contributed by atoms with Crippen LogP contribution in [0.5, 0.6) is 0 Å². The molecular formula is C65H47ClF22N2. The molecule has 0 atom stereocenters. The van der Waals surface area contributed by atoms with Gasteiger partial charge in [-0.15, -0.1) is 0 Å². The lowest BCUT2D eigenvalue weighted by atomic mass is 10.1. The second-order valence-corrected chi connectivity index (χ2v) is 18.6. The number of halogens is 23. The van der Waals surface area contributed by atoms with Crippen molar-refractivity contribution >= 4 is 11.6 Å². The van der Waals surface area contributed by atoms with Gasteiger partial charge >= 0.3 is 0 Å². The van der Waals surface area contributed by atoms with E-state index in [9.17, 15) is 96.6 Å². The van der Waals surface area contributed by atoms with Gasteiger partial charge in [-0.1, -0.05) is 29.8 Å². The first-order valence-electron chi connectivity index (χ1n) is 24.9. The Balaban J connectivity index is 0.000000506. The van der Waals surface area contributed by atoms with E-state index < -0.39 is 121 Å². The SMILES string of the molecule is Cc1c(F)cc(F)cc1F.Cc1c(F)ccc(F)c1F.Cc1cc(F)c(F)c(F)c1.Cc1cc(F)c(F)cc1F.Cc1cc(F)cc(C#N)c1.Cc1cc(F)cc(F)c1F.Cc1ccc(C#N)cc1F.Cc1ccc(F)c(Cl)c1F.Cc1ccc(F)c(F)c1F. The van der Waals surface area contributed by atoms with Crippen LogP contribution in [0.25, 0.3) is 0 Å². The second kappa shape index (κ2) is 37.5. The summed E-state index contributed by atoms with van der Waals surface area (Å²) < 4.78 is 271. The summed E-state index contributed by atoms with van der Waals surface area (Å²) in [7, 11) is 0. The number of nitrogens with zero attached hydrogens (tertiary/aromatic N) is 2. The van der Waals surface area contributed by atoms with Crippen molar-refractivity contribution in [3.63, 3.8) is 0 Å².